The van der Waals surface area contributed by atoms with Crippen LogP contribution in [0.1, 0.15) is 12.0 Å². The van der Waals surface area contributed by atoms with E-state index in [1.54, 1.807) is 0 Å². The zero-order valence-corrected chi connectivity index (χ0v) is 11.5. The van der Waals surface area contributed by atoms with Crippen molar-refractivity contribution in [3.63, 3.8) is 0 Å². The second-order valence-electron chi connectivity index (χ2n) is 4.56. The number of nitro benzene ring substituents is 1. The van der Waals surface area contributed by atoms with Crippen LogP contribution in [0.4, 0.5) is 11.4 Å². The molecule has 102 valence electrons. The average molecular weight is 339 g/mol. The zero-order valence-electron chi connectivity index (χ0n) is 9.94. The Morgan fingerprint density at radius 1 is 1.45 bits per heavy atom. The van der Waals surface area contributed by atoms with Crippen LogP contribution in [0.15, 0.2) is 28.8 Å². The van der Waals surface area contributed by atoms with E-state index < -0.39 is 22.4 Å². The van der Waals surface area contributed by atoms with Crippen LogP contribution in [0.3, 0.4) is 0 Å². The highest BCUT2D eigenvalue weighted by Gasteiger charge is 2.57. The fourth-order valence-corrected chi connectivity index (χ4v) is 2.88. The molecular weight excluding hydrogens is 332 g/mol. The van der Waals surface area contributed by atoms with Crippen molar-refractivity contribution in [3.8, 4) is 0 Å². The zero-order chi connectivity index (χ0) is 14.7. The summed E-state index contributed by atoms with van der Waals surface area (Å²) in [4.78, 5) is 34.2. The maximum absolute atomic E-state index is 12.2. The predicted octanol–water partition coefficient (Wildman–Crippen LogP) is 2.01. The fourth-order valence-electron chi connectivity index (χ4n) is 2.44. The molecule has 1 fully saturated rings. The number of carbonyl (C=O) groups is 2. The number of amides is 1. The Balaban J connectivity index is 2.26. The highest BCUT2D eigenvalue weighted by Crippen LogP contribution is 2.50. The molecule has 2 aliphatic heterocycles. The molecule has 1 saturated heterocycles. The van der Waals surface area contributed by atoms with Crippen LogP contribution < -0.4 is 5.32 Å². The second kappa shape index (κ2) is 3.89. The smallest absolute Gasteiger partial charge is 0.335 e. The van der Waals surface area contributed by atoms with Gasteiger partial charge in [0.05, 0.1) is 4.92 Å². The van der Waals surface area contributed by atoms with Crippen molar-refractivity contribution in [1.82, 2.24) is 0 Å². The molecule has 1 unspecified atom stereocenters. The first kappa shape index (κ1) is 12.8. The SMILES string of the molecule is C=C1CC2(OC1=O)C(=O)Nc1c([N+](=O)[O-])cc(Br)cc12. The number of benzene rings is 1. The van der Waals surface area contributed by atoms with E-state index in [9.17, 15) is 19.7 Å². The monoisotopic (exact) mass is 338 g/mol. The predicted molar refractivity (Wildman–Crippen MR) is 71.0 cm³/mol. The number of fused-ring (bicyclic) bond motifs is 2. The summed E-state index contributed by atoms with van der Waals surface area (Å²) in [5.41, 5.74) is -1.30. The third kappa shape index (κ3) is 1.51. The molecule has 2 heterocycles. The molecule has 0 saturated carbocycles. The average Bonchev–Trinajstić information content (AvgIpc) is 2.80. The minimum atomic E-state index is -1.54. The first-order chi connectivity index (χ1) is 9.35. The lowest BCUT2D eigenvalue weighted by atomic mass is 9.91. The number of hydrogen-bond donors (Lipinski definition) is 1. The molecule has 1 aromatic carbocycles. The maximum Gasteiger partial charge on any atom is 0.335 e. The summed E-state index contributed by atoms with van der Waals surface area (Å²) in [5, 5.41) is 13.5. The van der Waals surface area contributed by atoms with Crippen molar-refractivity contribution in [2.75, 3.05) is 5.32 Å². The standard InChI is InChI=1S/C12H7BrN2O5/c1-5-4-12(20-10(5)16)7-2-6(13)3-8(15(18)19)9(7)14-11(12)17/h2-3H,1,4H2,(H,14,17). The Bertz CT molecular complexity index is 696. The number of anilines is 1. The molecule has 1 N–H and O–H groups in total. The molecule has 1 spiro atoms. The van der Waals surface area contributed by atoms with Crippen molar-refractivity contribution in [2.24, 2.45) is 0 Å². The molecule has 0 aliphatic carbocycles. The molecule has 20 heavy (non-hydrogen) atoms. The third-order valence-corrected chi connectivity index (χ3v) is 3.80. The molecule has 7 nitrogen and oxygen atoms in total. The Hall–Kier alpha value is -2.22. The van der Waals surface area contributed by atoms with Gasteiger partial charge >= 0.3 is 5.97 Å². The minimum absolute atomic E-state index is 0.0156. The minimum Gasteiger partial charge on any atom is -0.440 e. The molecule has 0 radical (unpaired) electrons. The normalized spacial score (nSPS) is 23.8. The number of nitro groups is 1. The van der Waals surface area contributed by atoms with Crippen LogP contribution in [0, 0.1) is 10.1 Å². The third-order valence-electron chi connectivity index (χ3n) is 3.34. The summed E-state index contributed by atoms with van der Waals surface area (Å²) in [6.07, 6.45) is -0.0156. The van der Waals surface area contributed by atoms with E-state index in [0.717, 1.165) is 0 Å². The van der Waals surface area contributed by atoms with Gasteiger partial charge in [0.2, 0.25) is 5.60 Å². The van der Waals surface area contributed by atoms with Gasteiger partial charge in [0, 0.05) is 28.1 Å². The number of ether oxygens (including phenoxy) is 1. The summed E-state index contributed by atoms with van der Waals surface area (Å²) >= 11 is 3.16. The highest BCUT2D eigenvalue weighted by atomic mass is 79.9. The van der Waals surface area contributed by atoms with E-state index in [4.69, 9.17) is 4.74 Å². The topological polar surface area (TPSA) is 98.5 Å². The van der Waals surface area contributed by atoms with Crippen LogP contribution in [0.25, 0.3) is 0 Å². The van der Waals surface area contributed by atoms with Gasteiger partial charge in [0.1, 0.15) is 5.69 Å². The van der Waals surface area contributed by atoms with Crippen molar-refractivity contribution >= 4 is 39.2 Å². The van der Waals surface area contributed by atoms with Gasteiger partial charge in [-0.2, -0.15) is 0 Å². The Labute approximate surface area is 120 Å². The van der Waals surface area contributed by atoms with E-state index in [1.807, 2.05) is 0 Å². The van der Waals surface area contributed by atoms with E-state index in [0.29, 0.717) is 4.47 Å². The highest BCUT2D eigenvalue weighted by molar-refractivity contribution is 9.10. The lowest BCUT2D eigenvalue weighted by Crippen LogP contribution is -2.33. The molecule has 3 rings (SSSR count). The van der Waals surface area contributed by atoms with Crippen LogP contribution in [-0.4, -0.2) is 16.8 Å². The Morgan fingerprint density at radius 2 is 2.15 bits per heavy atom. The molecule has 8 heteroatoms. The summed E-state index contributed by atoms with van der Waals surface area (Å²) < 4.78 is 5.58. The van der Waals surface area contributed by atoms with Crippen molar-refractivity contribution < 1.29 is 19.2 Å². The van der Waals surface area contributed by atoms with Crippen LogP contribution >= 0.6 is 15.9 Å². The van der Waals surface area contributed by atoms with E-state index in [-0.39, 0.29) is 28.9 Å². The van der Waals surface area contributed by atoms with Crippen molar-refractivity contribution in [1.29, 1.82) is 0 Å². The number of halogens is 1. The number of hydrogen-bond acceptors (Lipinski definition) is 5. The molecule has 1 amide bonds. The van der Waals surface area contributed by atoms with Gasteiger partial charge in [-0.15, -0.1) is 0 Å². The maximum atomic E-state index is 12.2. The van der Waals surface area contributed by atoms with E-state index in [2.05, 4.69) is 27.8 Å². The van der Waals surface area contributed by atoms with Gasteiger partial charge in [-0.1, -0.05) is 22.5 Å². The van der Waals surface area contributed by atoms with Crippen LogP contribution in [0.2, 0.25) is 0 Å². The number of carbonyl (C=O) groups excluding carboxylic acids is 2. The summed E-state index contributed by atoms with van der Waals surface area (Å²) in [5.74, 6) is -1.27. The second-order valence-corrected chi connectivity index (χ2v) is 5.47. The Morgan fingerprint density at radius 3 is 2.70 bits per heavy atom. The lowest BCUT2D eigenvalue weighted by Gasteiger charge is -2.19. The van der Waals surface area contributed by atoms with E-state index in [1.165, 1.54) is 12.1 Å². The van der Waals surface area contributed by atoms with Crippen molar-refractivity contribution in [3.05, 3.63) is 44.4 Å². The Kier molecular flexibility index (Phi) is 2.49. The number of rotatable bonds is 1. The quantitative estimate of drug-likeness (QED) is 0.365. The first-order valence-electron chi connectivity index (χ1n) is 5.56. The van der Waals surface area contributed by atoms with Gasteiger partial charge in [-0.3, -0.25) is 14.9 Å². The number of nitrogens with zero attached hydrogens (tertiary/aromatic N) is 1. The summed E-state index contributed by atoms with van der Waals surface area (Å²) in [7, 11) is 0. The number of nitrogens with one attached hydrogen (secondary N) is 1. The summed E-state index contributed by atoms with van der Waals surface area (Å²) in [6.45, 7) is 3.54. The summed E-state index contributed by atoms with van der Waals surface area (Å²) in [6, 6.07) is 2.82. The molecular formula is C12H7BrN2O5. The molecule has 1 atom stereocenters. The largest absolute Gasteiger partial charge is 0.440 e. The molecule has 2 aliphatic rings. The molecule has 0 aromatic heterocycles. The molecule has 1 aromatic rings. The van der Waals surface area contributed by atoms with Crippen LogP contribution in [-0.2, 0) is 19.9 Å². The van der Waals surface area contributed by atoms with Crippen molar-refractivity contribution in [2.45, 2.75) is 12.0 Å². The molecule has 0 bridgehead atoms. The van der Waals surface area contributed by atoms with Gasteiger partial charge in [0.15, 0.2) is 0 Å². The van der Waals surface area contributed by atoms with E-state index >= 15 is 0 Å². The first-order valence-corrected chi connectivity index (χ1v) is 6.35. The fraction of sp³-hybridized carbons (Fsp3) is 0.167. The van der Waals surface area contributed by atoms with Gasteiger partial charge < -0.3 is 10.1 Å². The van der Waals surface area contributed by atoms with Gasteiger partial charge in [0.25, 0.3) is 11.6 Å². The van der Waals surface area contributed by atoms with Gasteiger partial charge in [-0.25, -0.2) is 4.79 Å². The van der Waals surface area contributed by atoms with Gasteiger partial charge in [-0.05, 0) is 6.07 Å². The van der Waals surface area contributed by atoms with Crippen LogP contribution in [0.5, 0.6) is 0 Å². The number of esters is 1. The lowest BCUT2D eigenvalue weighted by molar-refractivity contribution is -0.384.